The van der Waals surface area contributed by atoms with E-state index >= 15 is 0 Å². The lowest BCUT2D eigenvalue weighted by atomic mass is 10.1. The lowest BCUT2D eigenvalue weighted by molar-refractivity contribution is 0.335. The number of nitriles is 1. The zero-order valence-electron chi connectivity index (χ0n) is 7.50. The third-order valence-corrected chi connectivity index (χ3v) is 1.64. The van der Waals surface area contributed by atoms with Crippen molar-refractivity contribution >= 4 is 11.6 Å². The van der Waals surface area contributed by atoms with Gasteiger partial charge in [0.25, 0.3) is 0 Å². The van der Waals surface area contributed by atoms with Crippen molar-refractivity contribution in [1.29, 1.82) is 5.26 Å². The van der Waals surface area contributed by atoms with Gasteiger partial charge in [0, 0.05) is 5.54 Å². The molecule has 0 bridgehead atoms. The molecule has 0 aromatic heterocycles. The molecular formula is C10H12ClNO. The van der Waals surface area contributed by atoms with Crippen LogP contribution in [0.2, 0.25) is 0 Å². The number of aliphatic hydroxyl groups excluding tert-OH is 1. The fourth-order valence-electron chi connectivity index (χ4n) is 0.811. The highest BCUT2D eigenvalue weighted by Gasteiger charge is 1.94. The van der Waals surface area contributed by atoms with E-state index in [0.29, 0.717) is 5.57 Å². The van der Waals surface area contributed by atoms with Crippen LogP contribution >= 0.6 is 11.6 Å². The molecule has 0 rings (SSSR count). The van der Waals surface area contributed by atoms with Crippen LogP contribution in [0.25, 0.3) is 0 Å². The van der Waals surface area contributed by atoms with E-state index in [-0.39, 0.29) is 13.0 Å². The average molecular weight is 198 g/mol. The molecule has 0 aliphatic rings. The first-order chi connectivity index (χ1) is 6.28. The molecule has 2 nitrogen and oxygen atoms in total. The molecule has 0 amide bonds. The van der Waals surface area contributed by atoms with Gasteiger partial charge in [-0.3, -0.25) is 0 Å². The van der Waals surface area contributed by atoms with Gasteiger partial charge in [0.05, 0.1) is 19.1 Å². The summed E-state index contributed by atoms with van der Waals surface area (Å²) in [6.45, 7) is 1.81. The van der Waals surface area contributed by atoms with Crippen LogP contribution in [0.15, 0.2) is 34.9 Å². The summed E-state index contributed by atoms with van der Waals surface area (Å²) in [7, 11) is 0. The van der Waals surface area contributed by atoms with Crippen LogP contribution in [-0.2, 0) is 0 Å². The third-order valence-electron chi connectivity index (χ3n) is 1.36. The van der Waals surface area contributed by atoms with Gasteiger partial charge >= 0.3 is 0 Å². The minimum absolute atomic E-state index is 0.0516. The second-order valence-electron chi connectivity index (χ2n) is 2.40. The largest absolute Gasteiger partial charge is 0.392 e. The minimum atomic E-state index is -0.0516. The summed E-state index contributed by atoms with van der Waals surface area (Å²) in [5.74, 6) is 0. The highest BCUT2D eigenvalue weighted by atomic mass is 35.5. The van der Waals surface area contributed by atoms with Gasteiger partial charge in [-0.1, -0.05) is 29.8 Å². The number of hydrogen-bond acceptors (Lipinski definition) is 2. The summed E-state index contributed by atoms with van der Waals surface area (Å²) >= 11 is 5.48. The second kappa shape index (κ2) is 7.60. The molecule has 0 fully saturated rings. The zero-order chi connectivity index (χ0) is 10.1. The molecule has 13 heavy (non-hydrogen) atoms. The van der Waals surface area contributed by atoms with Crippen LogP contribution in [-0.4, -0.2) is 11.7 Å². The quantitative estimate of drug-likeness (QED) is 0.704. The van der Waals surface area contributed by atoms with E-state index in [1.807, 2.05) is 19.1 Å². The molecule has 0 saturated heterocycles. The molecule has 0 aromatic rings. The molecule has 1 N–H and O–H groups in total. The summed E-state index contributed by atoms with van der Waals surface area (Å²) < 4.78 is 0. The number of aliphatic hydroxyl groups is 1. The van der Waals surface area contributed by atoms with Gasteiger partial charge in [-0.15, -0.1) is 0 Å². The van der Waals surface area contributed by atoms with Crippen molar-refractivity contribution in [2.45, 2.75) is 13.3 Å². The summed E-state index contributed by atoms with van der Waals surface area (Å²) in [6.07, 6.45) is 5.55. The van der Waals surface area contributed by atoms with Crippen molar-refractivity contribution < 1.29 is 5.11 Å². The number of allylic oxidation sites excluding steroid dienone is 3. The van der Waals surface area contributed by atoms with Crippen molar-refractivity contribution in [3.63, 3.8) is 0 Å². The molecule has 0 atom stereocenters. The monoisotopic (exact) mass is 197 g/mol. The predicted octanol–water partition coefficient (Wildman–Crippen LogP) is 2.52. The van der Waals surface area contributed by atoms with Crippen molar-refractivity contribution in [3.05, 3.63) is 34.9 Å². The summed E-state index contributed by atoms with van der Waals surface area (Å²) in [5, 5.41) is 17.3. The number of hydrogen-bond donors (Lipinski definition) is 1. The fraction of sp³-hybridized carbons (Fsp3) is 0.300. The van der Waals surface area contributed by atoms with Crippen molar-refractivity contribution in [3.8, 4) is 6.07 Å². The molecule has 0 heterocycles. The SMILES string of the molecule is C\C=C/C(=C\C(=C\Cl)CC#N)CO. The van der Waals surface area contributed by atoms with E-state index in [9.17, 15) is 0 Å². The maximum Gasteiger partial charge on any atom is 0.0681 e. The number of nitrogens with zero attached hydrogens (tertiary/aromatic N) is 1. The highest BCUT2D eigenvalue weighted by molar-refractivity contribution is 6.25. The lowest BCUT2D eigenvalue weighted by Gasteiger charge is -1.97. The van der Waals surface area contributed by atoms with Crippen LogP contribution in [0.1, 0.15) is 13.3 Å². The third kappa shape index (κ3) is 5.24. The molecule has 0 aromatic carbocycles. The molecule has 3 heteroatoms. The molecule has 0 saturated carbocycles. The normalized spacial score (nSPS) is 13.4. The van der Waals surface area contributed by atoms with Crippen molar-refractivity contribution in [1.82, 2.24) is 0 Å². The maximum absolute atomic E-state index is 8.90. The van der Waals surface area contributed by atoms with E-state index in [1.54, 1.807) is 12.2 Å². The Morgan fingerprint density at radius 1 is 1.54 bits per heavy atom. The molecule has 0 radical (unpaired) electrons. The summed E-state index contributed by atoms with van der Waals surface area (Å²) in [5.41, 5.74) is 2.79. The first kappa shape index (κ1) is 12.0. The zero-order valence-corrected chi connectivity index (χ0v) is 8.25. The molecule has 0 unspecified atom stereocenters. The van der Waals surface area contributed by atoms with E-state index < -0.39 is 0 Å². The van der Waals surface area contributed by atoms with Crippen LogP contribution < -0.4 is 0 Å². The van der Waals surface area contributed by atoms with Crippen molar-refractivity contribution in [2.75, 3.05) is 6.61 Å². The second-order valence-corrected chi connectivity index (χ2v) is 2.61. The van der Waals surface area contributed by atoms with Crippen LogP contribution in [0, 0.1) is 11.3 Å². The number of rotatable bonds is 4. The van der Waals surface area contributed by atoms with Crippen LogP contribution in [0.3, 0.4) is 0 Å². The smallest absolute Gasteiger partial charge is 0.0681 e. The minimum Gasteiger partial charge on any atom is -0.392 e. The Morgan fingerprint density at radius 3 is 2.62 bits per heavy atom. The highest BCUT2D eigenvalue weighted by Crippen LogP contribution is 2.08. The van der Waals surface area contributed by atoms with Crippen LogP contribution in [0.4, 0.5) is 0 Å². The van der Waals surface area contributed by atoms with Gasteiger partial charge in [0.2, 0.25) is 0 Å². The van der Waals surface area contributed by atoms with Gasteiger partial charge in [-0.25, -0.2) is 0 Å². The van der Waals surface area contributed by atoms with Gasteiger partial charge in [-0.2, -0.15) is 5.26 Å². The van der Waals surface area contributed by atoms with Gasteiger partial charge in [0.15, 0.2) is 0 Å². The van der Waals surface area contributed by atoms with Gasteiger partial charge in [0.1, 0.15) is 0 Å². The van der Waals surface area contributed by atoms with Gasteiger partial charge < -0.3 is 5.11 Å². The summed E-state index contributed by atoms with van der Waals surface area (Å²) in [4.78, 5) is 0. The Hall–Kier alpha value is -1.04. The summed E-state index contributed by atoms with van der Waals surface area (Å²) in [6, 6.07) is 1.99. The predicted molar refractivity (Wildman–Crippen MR) is 54.1 cm³/mol. The van der Waals surface area contributed by atoms with E-state index in [2.05, 4.69) is 0 Å². The van der Waals surface area contributed by atoms with Crippen LogP contribution in [0.5, 0.6) is 0 Å². The Balaban J connectivity index is 4.57. The first-order valence-corrected chi connectivity index (χ1v) is 4.32. The lowest BCUT2D eigenvalue weighted by Crippen LogP contribution is -1.87. The van der Waals surface area contributed by atoms with E-state index in [4.69, 9.17) is 22.0 Å². The van der Waals surface area contributed by atoms with Crippen molar-refractivity contribution in [2.24, 2.45) is 0 Å². The topological polar surface area (TPSA) is 44.0 Å². The molecule has 0 aliphatic heterocycles. The standard InChI is InChI=1S/C10H12ClNO/c1-2-3-10(8-13)6-9(7-11)4-5-12/h2-3,6-7,13H,4,8H2,1H3/b3-2-,9-7+,10-6+. The Morgan fingerprint density at radius 2 is 2.23 bits per heavy atom. The van der Waals surface area contributed by atoms with E-state index in [0.717, 1.165) is 5.57 Å². The van der Waals surface area contributed by atoms with Gasteiger partial charge in [-0.05, 0) is 18.1 Å². The number of halogens is 1. The molecular weight excluding hydrogens is 186 g/mol. The molecule has 70 valence electrons. The molecule has 0 spiro atoms. The maximum atomic E-state index is 8.90. The van der Waals surface area contributed by atoms with E-state index in [1.165, 1.54) is 5.54 Å². The molecule has 0 aliphatic carbocycles. The fourth-order valence-corrected chi connectivity index (χ4v) is 0.951. The average Bonchev–Trinajstić information content (AvgIpc) is 2.16. The Labute approximate surface area is 83.4 Å². The Kier molecular flexibility index (Phi) is 6.99. The first-order valence-electron chi connectivity index (χ1n) is 3.88. The Bertz CT molecular complexity index is 271.